The Balaban J connectivity index is 1.88. The first-order valence-corrected chi connectivity index (χ1v) is 14.5. The van der Waals surface area contributed by atoms with Gasteiger partial charge in [-0.1, -0.05) is 40.3 Å². The Morgan fingerprint density at radius 2 is 1.68 bits per heavy atom. The minimum atomic E-state index is -0.912. The summed E-state index contributed by atoms with van der Waals surface area (Å²) in [5.41, 5.74) is -0.114. The van der Waals surface area contributed by atoms with Crippen LogP contribution in [-0.2, 0) is 4.79 Å². The first-order chi connectivity index (χ1) is 20.8. The summed E-state index contributed by atoms with van der Waals surface area (Å²) in [4.78, 5) is 48.2. The molecule has 0 aliphatic carbocycles. The van der Waals surface area contributed by atoms with Crippen molar-refractivity contribution in [1.29, 1.82) is 0 Å². The normalized spacial score (nSPS) is 17.1. The lowest BCUT2D eigenvalue weighted by Crippen LogP contribution is -2.58. The SMILES string of the molecule is C=CC(=O)N1C[C@H](C)N(c2nc(=O)n(-c3c(C(C)C)ncnc3C(C)C)c3nc(-c4c(O)cccc4F)c(F)cc23)C[C@H]1C. The summed E-state index contributed by atoms with van der Waals surface area (Å²) < 4.78 is 32.3. The number of piperazine rings is 1. The molecule has 1 saturated heterocycles. The summed E-state index contributed by atoms with van der Waals surface area (Å²) in [7, 11) is 0. The lowest BCUT2D eigenvalue weighted by atomic mass is 10.0. The van der Waals surface area contributed by atoms with Crippen LogP contribution in [-0.4, -0.2) is 65.6 Å². The number of phenolic OH excluding ortho intramolecular Hbond substituents is 1. The number of halogens is 2. The number of benzene rings is 1. The molecule has 1 fully saturated rings. The van der Waals surface area contributed by atoms with Crippen LogP contribution >= 0.6 is 0 Å². The van der Waals surface area contributed by atoms with E-state index in [1.807, 2.05) is 46.4 Å². The third-order valence-electron chi connectivity index (χ3n) is 7.94. The molecule has 10 nitrogen and oxygen atoms in total. The number of amides is 1. The van der Waals surface area contributed by atoms with Gasteiger partial charge in [0.2, 0.25) is 5.91 Å². The number of anilines is 1. The fraction of sp³-hybridized carbons (Fsp3) is 0.375. The molecule has 0 radical (unpaired) electrons. The molecule has 1 N–H and O–H groups in total. The molecule has 1 aliphatic rings. The van der Waals surface area contributed by atoms with Gasteiger partial charge in [-0.2, -0.15) is 4.98 Å². The van der Waals surface area contributed by atoms with E-state index in [1.54, 1.807) is 4.90 Å². The zero-order chi connectivity index (χ0) is 32.0. The molecule has 1 aromatic carbocycles. The van der Waals surface area contributed by atoms with Crippen molar-refractivity contribution in [3.8, 4) is 22.7 Å². The number of aromatic hydroxyl groups is 1. The van der Waals surface area contributed by atoms with Crippen molar-refractivity contribution in [1.82, 2.24) is 29.4 Å². The minimum Gasteiger partial charge on any atom is -0.507 e. The number of hydrogen-bond acceptors (Lipinski definition) is 8. The summed E-state index contributed by atoms with van der Waals surface area (Å²) in [5.74, 6) is -2.61. The van der Waals surface area contributed by atoms with E-state index in [1.165, 1.54) is 29.1 Å². The molecule has 0 unspecified atom stereocenters. The maximum absolute atomic E-state index is 16.0. The second kappa shape index (κ2) is 11.7. The summed E-state index contributed by atoms with van der Waals surface area (Å²) in [6.45, 7) is 15.6. The first kappa shape index (κ1) is 30.7. The number of hydrogen-bond donors (Lipinski definition) is 1. The van der Waals surface area contributed by atoms with Gasteiger partial charge in [0.1, 0.15) is 29.4 Å². The van der Waals surface area contributed by atoms with Crippen LogP contribution in [0.1, 0.15) is 64.8 Å². The van der Waals surface area contributed by atoms with Crippen molar-refractivity contribution in [3.63, 3.8) is 0 Å². The summed E-state index contributed by atoms with van der Waals surface area (Å²) >= 11 is 0. The molecule has 2 atom stereocenters. The van der Waals surface area contributed by atoms with Gasteiger partial charge in [-0.25, -0.2) is 33.1 Å². The highest BCUT2D eigenvalue weighted by molar-refractivity contribution is 5.91. The van der Waals surface area contributed by atoms with E-state index in [0.29, 0.717) is 30.2 Å². The van der Waals surface area contributed by atoms with Crippen LogP contribution in [0, 0.1) is 11.6 Å². The predicted molar refractivity (Wildman–Crippen MR) is 164 cm³/mol. The molecule has 3 aromatic heterocycles. The van der Waals surface area contributed by atoms with E-state index in [4.69, 9.17) is 0 Å². The van der Waals surface area contributed by atoms with Crippen molar-refractivity contribution < 1.29 is 18.7 Å². The molecule has 1 amide bonds. The molecule has 12 heteroatoms. The monoisotopic (exact) mass is 603 g/mol. The Morgan fingerprint density at radius 1 is 1.02 bits per heavy atom. The van der Waals surface area contributed by atoms with Gasteiger partial charge in [-0.15, -0.1) is 0 Å². The molecule has 5 rings (SSSR count). The second-order valence-corrected chi connectivity index (χ2v) is 11.7. The van der Waals surface area contributed by atoms with E-state index in [-0.39, 0.29) is 46.7 Å². The molecular formula is C32H35F2N7O3. The van der Waals surface area contributed by atoms with Gasteiger partial charge < -0.3 is 14.9 Å². The van der Waals surface area contributed by atoms with Crippen molar-refractivity contribution in [2.24, 2.45) is 0 Å². The van der Waals surface area contributed by atoms with Gasteiger partial charge in [0, 0.05) is 25.2 Å². The molecule has 0 saturated carbocycles. The van der Waals surface area contributed by atoms with Crippen molar-refractivity contribution in [3.05, 3.63) is 76.8 Å². The van der Waals surface area contributed by atoms with Crippen LogP contribution in [0.4, 0.5) is 14.6 Å². The van der Waals surface area contributed by atoms with Crippen LogP contribution in [0.15, 0.2) is 48.0 Å². The van der Waals surface area contributed by atoms with Crippen LogP contribution in [0.25, 0.3) is 28.0 Å². The molecule has 230 valence electrons. The number of fused-ring (bicyclic) bond motifs is 1. The molecule has 44 heavy (non-hydrogen) atoms. The van der Waals surface area contributed by atoms with Crippen LogP contribution in [0.5, 0.6) is 5.75 Å². The molecule has 1 aliphatic heterocycles. The molecule has 0 bridgehead atoms. The van der Waals surface area contributed by atoms with E-state index >= 15 is 8.78 Å². The summed E-state index contributed by atoms with van der Waals surface area (Å²) in [5, 5.41) is 10.7. The Kier molecular flexibility index (Phi) is 8.19. The van der Waals surface area contributed by atoms with Gasteiger partial charge in [0.15, 0.2) is 11.5 Å². The highest BCUT2D eigenvalue weighted by Crippen LogP contribution is 2.37. The molecular weight excluding hydrogens is 568 g/mol. The Hall–Kier alpha value is -4.74. The molecule has 4 aromatic rings. The molecule has 0 spiro atoms. The minimum absolute atomic E-state index is 0.00195. The molecule has 4 heterocycles. The van der Waals surface area contributed by atoms with Gasteiger partial charge in [0.25, 0.3) is 0 Å². The maximum atomic E-state index is 16.0. The number of aromatic nitrogens is 5. The number of carbonyl (C=O) groups is 1. The number of phenols is 1. The number of carbonyl (C=O) groups excluding carboxylic acids is 1. The maximum Gasteiger partial charge on any atom is 0.355 e. The highest BCUT2D eigenvalue weighted by Gasteiger charge is 2.34. The standard InChI is InChI=1S/C32H35F2N7O3/c1-8-24(43)39-13-19(7)40(14-18(39)6)30-20-12-22(34)28(25-21(33)10-9-11-23(25)42)37-31(20)41(32(44)38-30)29-26(16(2)3)35-15-36-27(29)17(4)5/h8-12,15-19,42H,1,13-14H2,2-7H3/t18-,19+/m1/s1. The van der Waals surface area contributed by atoms with Crippen molar-refractivity contribution in [2.45, 2.75) is 65.5 Å². The average Bonchev–Trinajstić information content (AvgIpc) is 2.97. The summed E-state index contributed by atoms with van der Waals surface area (Å²) in [6, 6.07) is 4.21. The van der Waals surface area contributed by atoms with Gasteiger partial charge in [-0.05, 0) is 50.0 Å². The zero-order valence-electron chi connectivity index (χ0n) is 25.5. The zero-order valence-corrected chi connectivity index (χ0v) is 25.5. The lowest BCUT2D eigenvalue weighted by Gasteiger charge is -2.44. The Labute approximate surface area is 253 Å². The Morgan fingerprint density at radius 3 is 2.27 bits per heavy atom. The topological polar surface area (TPSA) is 117 Å². The number of nitrogens with zero attached hydrogens (tertiary/aromatic N) is 7. The van der Waals surface area contributed by atoms with E-state index in [2.05, 4.69) is 26.5 Å². The largest absolute Gasteiger partial charge is 0.507 e. The average molecular weight is 604 g/mol. The third-order valence-corrected chi connectivity index (χ3v) is 7.94. The van der Waals surface area contributed by atoms with E-state index in [0.717, 1.165) is 12.1 Å². The Bertz CT molecular complexity index is 1790. The van der Waals surface area contributed by atoms with E-state index < -0.39 is 34.3 Å². The van der Waals surface area contributed by atoms with Gasteiger partial charge in [-0.3, -0.25) is 4.79 Å². The predicted octanol–water partition coefficient (Wildman–Crippen LogP) is 5.08. The van der Waals surface area contributed by atoms with Crippen molar-refractivity contribution >= 4 is 22.8 Å². The van der Waals surface area contributed by atoms with E-state index in [9.17, 15) is 14.7 Å². The lowest BCUT2D eigenvalue weighted by molar-refractivity contribution is -0.128. The quantitative estimate of drug-likeness (QED) is 0.303. The van der Waals surface area contributed by atoms with Gasteiger partial charge >= 0.3 is 5.69 Å². The second-order valence-electron chi connectivity index (χ2n) is 11.7. The smallest absolute Gasteiger partial charge is 0.355 e. The number of rotatable bonds is 6. The first-order valence-electron chi connectivity index (χ1n) is 14.5. The fourth-order valence-electron chi connectivity index (χ4n) is 5.78. The van der Waals surface area contributed by atoms with Crippen LogP contribution in [0.2, 0.25) is 0 Å². The number of pyridine rings is 1. The van der Waals surface area contributed by atoms with Crippen LogP contribution in [0.3, 0.4) is 0 Å². The fourth-order valence-corrected chi connectivity index (χ4v) is 5.78. The third kappa shape index (κ3) is 5.18. The summed E-state index contributed by atoms with van der Waals surface area (Å²) in [6.07, 6.45) is 2.69. The van der Waals surface area contributed by atoms with Crippen LogP contribution < -0.4 is 10.6 Å². The van der Waals surface area contributed by atoms with Crippen molar-refractivity contribution in [2.75, 3.05) is 18.0 Å². The van der Waals surface area contributed by atoms with Gasteiger partial charge in [0.05, 0.1) is 28.0 Å². The highest BCUT2D eigenvalue weighted by atomic mass is 19.1.